The van der Waals surface area contributed by atoms with Crippen molar-refractivity contribution in [2.75, 3.05) is 11.9 Å². The molecule has 0 unspecified atom stereocenters. The molecule has 0 aliphatic rings. The topological polar surface area (TPSA) is 62.7 Å². The molecule has 2 heterocycles. The van der Waals surface area contributed by atoms with Gasteiger partial charge in [0.05, 0.1) is 6.20 Å². The Labute approximate surface area is 116 Å². The molecule has 2 N–H and O–H groups in total. The lowest BCUT2D eigenvalue weighted by Gasteiger charge is -2.06. The SMILES string of the molecule is Cn1cc(CCNc2cc3ccccc3c(=O)[nH]2)cn1. The molecule has 0 fully saturated rings. The van der Waals surface area contributed by atoms with Crippen molar-refractivity contribution in [2.24, 2.45) is 7.05 Å². The van der Waals surface area contributed by atoms with Gasteiger partial charge in [-0.15, -0.1) is 0 Å². The maximum atomic E-state index is 11.9. The summed E-state index contributed by atoms with van der Waals surface area (Å²) in [5.74, 6) is 0.748. The molecule has 0 radical (unpaired) electrons. The van der Waals surface area contributed by atoms with Crippen LogP contribution in [0.5, 0.6) is 0 Å². The van der Waals surface area contributed by atoms with Crippen molar-refractivity contribution in [3.8, 4) is 0 Å². The fourth-order valence-corrected chi connectivity index (χ4v) is 2.25. The summed E-state index contributed by atoms with van der Waals surface area (Å²) in [5.41, 5.74) is 1.11. The molecule has 3 rings (SSSR count). The maximum absolute atomic E-state index is 11.9. The van der Waals surface area contributed by atoms with E-state index in [1.807, 2.05) is 49.8 Å². The zero-order chi connectivity index (χ0) is 13.9. The summed E-state index contributed by atoms with van der Waals surface area (Å²) in [7, 11) is 1.90. The summed E-state index contributed by atoms with van der Waals surface area (Å²) >= 11 is 0. The molecule has 5 heteroatoms. The van der Waals surface area contributed by atoms with E-state index in [4.69, 9.17) is 0 Å². The number of pyridine rings is 1. The average molecular weight is 268 g/mol. The smallest absolute Gasteiger partial charge is 0.257 e. The highest BCUT2D eigenvalue weighted by atomic mass is 16.1. The molecule has 102 valence electrons. The predicted octanol–water partition coefficient (Wildman–Crippen LogP) is 1.92. The van der Waals surface area contributed by atoms with Crippen LogP contribution in [0.1, 0.15) is 5.56 Å². The number of aryl methyl sites for hydroxylation is 1. The van der Waals surface area contributed by atoms with Crippen LogP contribution in [0.15, 0.2) is 47.5 Å². The van der Waals surface area contributed by atoms with Crippen LogP contribution in [0.3, 0.4) is 0 Å². The molecule has 20 heavy (non-hydrogen) atoms. The Hall–Kier alpha value is -2.56. The van der Waals surface area contributed by atoms with Crippen LogP contribution in [0.25, 0.3) is 10.8 Å². The Morgan fingerprint density at radius 3 is 3.00 bits per heavy atom. The molecule has 1 aromatic carbocycles. The van der Waals surface area contributed by atoms with Gasteiger partial charge in [-0.05, 0) is 29.5 Å². The second-order valence-electron chi connectivity index (χ2n) is 4.80. The summed E-state index contributed by atoms with van der Waals surface area (Å²) in [6.07, 6.45) is 4.71. The van der Waals surface area contributed by atoms with Gasteiger partial charge < -0.3 is 10.3 Å². The molecule has 2 aromatic heterocycles. The highest BCUT2D eigenvalue weighted by molar-refractivity contribution is 5.83. The normalized spacial score (nSPS) is 10.8. The van der Waals surface area contributed by atoms with Gasteiger partial charge in [0.2, 0.25) is 0 Å². The van der Waals surface area contributed by atoms with Crippen molar-refractivity contribution >= 4 is 16.6 Å². The molecule has 0 aliphatic carbocycles. The molecule has 0 spiro atoms. The standard InChI is InChI=1S/C15H16N4O/c1-19-10-11(9-17-19)6-7-16-14-8-12-4-2-3-5-13(12)15(20)18-14/h2-5,8-10H,6-7H2,1H3,(H2,16,18,20). The van der Waals surface area contributed by atoms with Crippen molar-refractivity contribution in [3.05, 3.63) is 58.6 Å². The Morgan fingerprint density at radius 1 is 1.35 bits per heavy atom. The van der Waals surface area contributed by atoms with Gasteiger partial charge in [-0.25, -0.2) is 0 Å². The highest BCUT2D eigenvalue weighted by Crippen LogP contribution is 2.12. The Bertz CT molecular complexity index is 788. The summed E-state index contributed by atoms with van der Waals surface area (Å²) in [6.45, 7) is 0.750. The minimum Gasteiger partial charge on any atom is -0.371 e. The van der Waals surface area contributed by atoms with E-state index in [1.54, 1.807) is 4.68 Å². The van der Waals surface area contributed by atoms with Crippen molar-refractivity contribution in [1.29, 1.82) is 0 Å². The first-order valence-electron chi connectivity index (χ1n) is 6.56. The van der Waals surface area contributed by atoms with Gasteiger partial charge in [0.15, 0.2) is 0 Å². The quantitative estimate of drug-likeness (QED) is 0.760. The van der Waals surface area contributed by atoms with Crippen LogP contribution >= 0.6 is 0 Å². The Morgan fingerprint density at radius 2 is 2.20 bits per heavy atom. The van der Waals surface area contributed by atoms with E-state index in [0.717, 1.165) is 24.2 Å². The lowest BCUT2D eigenvalue weighted by atomic mass is 10.2. The number of H-pyrrole nitrogens is 1. The molecule has 5 nitrogen and oxygen atoms in total. The third kappa shape index (κ3) is 2.56. The van der Waals surface area contributed by atoms with E-state index >= 15 is 0 Å². The number of nitrogens with one attached hydrogen (secondary N) is 2. The van der Waals surface area contributed by atoms with Gasteiger partial charge >= 0.3 is 0 Å². The number of aromatic nitrogens is 3. The second kappa shape index (κ2) is 5.21. The number of aromatic amines is 1. The minimum absolute atomic E-state index is 0.0630. The van der Waals surface area contributed by atoms with Gasteiger partial charge in [-0.2, -0.15) is 5.10 Å². The van der Waals surface area contributed by atoms with Crippen LogP contribution in [-0.4, -0.2) is 21.3 Å². The van der Waals surface area contributed by atoms with Crippen LogP contribution in [0, 0.1) is 0 Å². The maximum Gasteiger partial charge on any atom is 0.257 e. The predicted molar refractivity (Wildman–Crippen MR) is 80.0 cm³/mol. The highest BCUT2D eigenvalue weighted by Gasteiger charge is 2.01. The molecule has 0 bridgehead atoms. The molecular weight excluding hydrogens is 252 g/mol. The van der Waals surface area contributed by atoms with Crippen molar-refractivity contribution in [3.63, 3.8) is 0 Å². The number of hydrogen-bond acceptors (Lipinski definition) is 3. The summed E-state index contributed by atoms with van der Waals surface area (Å²) in [5, 5.41) is 9.03. The third-order valence-electron chi connectivity index (χ3n) is 3.24. The number of benzene rings is 1. The van der Waals surface area contributed by atoms with Gasteiger partial charge in [-0.3, -0.25) is 9.48 Å². The molecule has 0 saturated carbocycles. The van der Waals surface area contributed by atoms with Gasteiger partial charge in [0, 0.05) is 25.2 Å². The van der Waals surface area contributed by atoms with Crippen LogP contribution in [0.2, 0.25) is 0 Å². The van der Waals surface area contributed by atoms with E-state index in [2.05, 4.69) is 15.4 Å². The lowest BCUT2D eigenvalue weighted by Crippen LogP contribution is -2.12. The van der Waals surface area contributed by atoms with Gasteiger partial charge in [0.1, 0.15) is 5.82 Å². The lowest BCUT2D eigenvalue weighted by molar-refractivity contribution is 0.767. The Balaban J connectivity index is 1.73. The molecule has 0 saturated heterocycles. The Kier molecular flexibility index (Phi) is 3.25. The molecule has 3 aromatic rings. The fourth-order valence-electron chi connectivity index (χ4n) is 2.25. The summed E-state index contributed by atoms with van der Waals surface area (Å²) in [4.78, 5) is 14.8. The largest absolute Gasteiger partial charge is 0.371 e. The minimum atomic E-state index is -0.0630. The van der Waals surface area contributed by atoms with E-state index < -0.39 is 0 Å². The van der Waals surface area contributed by atoms with Crippen LogP contribution in [-0.2, 0) is 13.5 Å². The first-order chi connectivity index (χ1) is 9.72. The van der Waals surface area contributed by atoms with E-state index in [9.17, 15) is 4.79 Å². The zero-order valence-electron chi connectivity index (χ0n) is 11.3. The van der Waals surface area contributed by atoms with Gasteiger partial charge in [0.25, 0.3) is 5.56 Å². The number of anilines is 1. The van der Waals surface area contributed by atoms with E-state index in [-0.39, 0.29) is 5.56 Å². The van der Waals surface area contributed by atoms with E-state index in [0.29, 0.717) is 5.39 Å². The first-order valence-corrected chi connectivity index (χ1v) is 6.56. The third-order valence-corrected chi connectivity index (χ3v) is 3.24. The summed E-state index contributed by atoms with van der Waals surface area (Å²) in [6, 6.07) is 9.53. The number of rotatable bonds is 4. The van der Waals surface area contributed by atoms with Crippen molar-refractivity contribution in [2.45, 2.75) is 6.42 Å². The van der Waals surface area contributed by atoms with Crippen molar-refractivity contribution < 1.29 is 0 Å². The molecule has 0 amide bonds. The average Bonchev–Trinajstić information content (AvgIpc) is 2.85. The monoisotopic (exact) mass is 268 g/mol. The molecule has 0 aliphatic heterocycles. The number of hydrogen-bond donors (Lipinski definition) is 2. The van der Waals surface area contributed by atoms with E-state index in [1.165, 1.54) is 5.56 Å². The first kappa shape index (κ1) is 12.5. The zero-order valence-corrected chi connectivity index (χ0v) is 11.3. The van der Waals surface area contributed by atoms with Crippen molar-refractivity contribution in [1.82, 2.24) is 14.8 Å². The summed E-state index contributed by atoms with van der Waals surface area (Å²) < 4.78 is 1.78. The second-order valence-corrected chi connectivity index (χ2v) is 4.80. The molecule has 0 atom stereocenters. The number of nitrogens with zero attached hydrogens (tertiary/aromatic N) is 2. The van der Waals surface area contributed by atoms with Crippen LogP contribution < -0.4 is 10.9 Å². The van der Waals surface area contributed by atoms with Gasteiger partial charge in [-0.1, -0.05) is 18.2 Å². The fraction of sp³-hybridized carbons (Fsp3) is 0.200. The molecular formula is C15H16N4O. The number of fused-ring (bicyclic) bond motifs is 1. The van der Waals surface area contributed by atoms with Crippen LogP contribution in [0.4, 0.5) is 5.82 Å².